The van der Waals surface area contributed by atoms with Crippen LogP contribution in [0.3, 0.4) is 0 Å². The van der Waals surface area contributed by atoms with Gasteiger partial charge in [0.25, 0.3) is 0 Å². The molecule has 0 aliphatic heterocycles. The SMILES string of the molecule is Nc1ccc(-c2ccc(N)cc2-c2ccc(I)cc2)cc1. The van der Waals surface area contributed by atoms with Crippen LogP contribution < -0.4 is 11.5 Å². The molecule has 21 heavy (non-hydrogen) atoms. The predicted octanol–water partition coefficient (Wildman–Crippen LogP) is 4.79. The number of halogens is 1. The lowest BCUT2D eigenvalue weighted by Crippen LogP contribution is -1.91. The molecule has 0 radical (unpaired) electrons. The zero-order valence-corrected chi connectivity index (χ0v) is 13.5. The van der Waals surface area contributed by atoms with E-state index in [0.29, 0.717) is 0 Å². The smallest absolute Gasteiger partial charge is 0.0320 e. The molecule has 0 saturated carbocycles. The van der Waals surface area contributed by atoms with Crippen LogP contribution in [-0.4, -0.2) is 0 Å². The Morgan fingerprint density at radius 1 is 0.571 bits per heavy atom. The molecule has 0 aromatic heterocycles. The Kier molecular flexibility index (Phi) is 3.84. The average molecular weight is 386 g/mol. The fraction of sp³-hybridized carbons (Fsp3) is 0. The Balaban J connectivity index is 2.17. The van der Waals surface area contributed by atoms with E-state index in [2.05, 4.69) is 52.9 Å². The molecule has 0 saturated heterocycles. The van der Waals surface area contributed by atoms with E-state index in [9.17, 15) is 0 Å². The van der Waals surface area contributed by atoms with Gasteiger partial charge in [0.05, 0.1) is 0 Å². The van der Waals surface area contributed by atoms with E-state index in [1.165, 1.54) is 3.57 Å². The summed E-state index contributed by atoms with van der Waals surface area (Å²) < 4.78 is 1.22. The van der Waals surface area contributed by atoms with Crippen molar-refractivity contribution in [3.63, 3.8) is 0 Å². The zero-order chi connectivity index (χ0) is 14.8. The molecule has 0 fully saturated rings. The molecule has 0 atom stereocenters. The Hall–Kier alpha value is -2.01. The maximum absolute atomic E-state index is 5.98. The Morgan fingerprint density at radius 3 is 1.76 bits per heavy atom. The van der Waals surface area contributed by atoms with Crippen LogP contribution in [0.2, 0.25) is 0 Å². The second kappa shape index (κ2) is 5.77. The number of nitrogens with two attached hydrogens (primary N) is 2. The molecular weight excluding hydrogens is 371 g/mol. The van der Waals surface area contributed by atoms with Crippen LogP contribution in [0, 0.1) is 3.57 Å². The molecule has 2 nitrogen and oxygen atoms in total. The standard InChI is InChI=1S/C18H15IN2/c19-14-5-1-13(2-6-14)18-11-16(21)9-10-17(18)12-3-7-15(20)8-4-12/h1-11H,20-21H2. The first kappa shape index (κ1) is 13.9. The molecular formula is C18H15IN2. The summed E-state index contributed by atoms with van der Waals surface area (Å²) in [6.45, 7) is 0. The normalized spacial score (nSPS) is 10.5. The highest BCUT2D eigenvalue weighted by atomic mass is 127. The van der Waals surface area contributed by atoms with Crippen LogP contribution in [0.25, 0.3) is 22.3 Å². The quantitative estimate of drug-likeness (QED) is 0.492. The van der Waals surface area contributed by atoms with Gasteiger partial charge in [-0.15, -0.1) is 0 Å². The van der Waals surface area contributed by atoms with Gasteiger partial charge in [-0.05, 0) is 81.2 Å². The van der Waals surface area contributed by atoms with E-state index in [1.54, 1.807) is 0 Å². The lowest BCUT2D eigenvalue weighted by Gasteiger charge is -2.12. The van der Waals surface area contributed by atoms with Gasteiger partial charge in [0.2, 0.25) is 0 Å². The van der Waals surface area contributed by atoms with Crippen molar-refractivity contribution in [2.75, 3.05) is 11.5 Å². The summed E-state index contributed by atoms with van der Waals surface area (Å²) >= 11 is 2.31. The van der Waals surface area contributed by atoms with Gasteiger partial charge in [-0.1, -0.05) is 30.3 Å². The van der Waals surface area contributed by atoms with Gasteiger partial charge >= 0.3 is 0 Å². The highest BCUT2D eigenvalue weighted by Gasteiger charge is 2.08. The maximum Gasteiger partial charge on any atom is 0.0320 e. The first-order valence-electron chi connectivity index (χ1n) is 6.65. The topological polar surface area (TPSA) is 52.0 Å². The fourth-order valence-electron chi connectivity index (χ4n) is 2.34. The van der Waals surface area contributed by atoms with Crippen LogP contribution in [0.4, 0.5) is 11.4 Å². The molecule has 0 aliphatic carbocycles. The Morgan fingerprint density at radius 2 is 1.10 bits per heavy atom. The van der Waals surface area contributed by atoms with E-state index in [1.807, 2.05) is 36.4 Å². The van der Waals surface area contributed by atoms with Gasteiger partial charge in [-0.25, -0.2) is 0 Å². The molecule has 0 amide bonds. The van der Waals surface area contributed by atoms with E-state index in [-0.39, 0.29) is 0 Å². The molecule has 0 unspecified atom stereocenters. The summed E-state index contributed by atoms with van der Waals surface area (Å²) in [4.78, 5) is 0. The van der Waals surface area contributed by atoms with E-state index in [0.717, 1.165) is 33.6 Å². The van der Waals surface area contributed by atoms with Crippen LogP contribution in [0.15, 0.2) is 66.7 Å². The summed E-state index contributed by atoms with van der Waals surface area (Å²) in [5.41, 5.74) is 17.9. The van der Waals surface area contributed by atoms with Crippen molar-refractivity contribution in [3.05, 3.63) is 70.3 Å². The third-order valence-corrected chi connectivity index (χ3v) is 4.14. The molecule has 0 spiro atoms. The Labute approximate surface area is 137 Å². The molecule has 0 heterocycles. The first-order chi connectivity index (χ1) is 10.1. The molecule has 3 aromatic carbocycles. The lowest BCUT2D eigenvalue weighted by molar-refractivity contribution is 1.56. The lowest BCUT2D eigenvalue weighted by atomic mass is 9.94. The Bertz CT molecular complexity index is 762. The summed E-state index contributed by atoms with van der Waals surface area (Å²) in [5, 5.41) is 0. The van der Waals surface area contributed by atoms with E-state index < -0.39 is 0 Å². The number of anilines is 2. The maximum atomic E-state index is 5.98. The first-order valence-corrected chi connectivity index (χ1v) is 7.73. The van der Waals surface area contributed by atoms with Gasteiger partial charge in [-0.3, -0.25) is 0 Å². The minimum absolute atomic E-state index is 0.766. The summed E-state index contributed by atoms with van der Waals surface area (Å²) in [5.74, 6) is 0. The van der Waals surface area contributed by atoms with Crippen LogP contribution in [0.1, 0.15) is 0 Å². The number of benzene rings is 3. The van der Waals surface area contributed by atoms with Gasteiger partial charge in [0, 0.05) is 14.9 Å². The molecule has 0 aliphatic rings. The molecule has 104 valence electrons. The summed E-state index contributed by atoms with van der Waals surface area (Å²) in [7, 11) is 0. The van der Waals surface area contributed by atoms with Gasteiger partial charge < -0.3 is 11.5 Å². The number of nitrogen functional groups attached to an aromatic ring is 2. The van der Waals surface area contributed by atoms with E-state index >= 15 is 0 Å². The minimum atomic E-state index is 0.766. The average Bonchev–Trinajstić information content (AvgIpc) is 2.49. The van der Waals surface area contributed by atoms with Gasteiger partial charge in [-0.2, -0.15) is 0 Å². The molecule has 3 aromatic rings. The zero-order valence-electron chi connectivity index (χ0n) is 11.4. The van der Waals surface area contributed by atoms with Gasteiger partial charge in [0.15, 0.2) is 0 Å². The van der Waals surface area contributed by atoms with Crippen molar-refractivity contribution < 1.29 is 0 Å². The second-order valence-corrected chi connectivity index (χ2v) is 6.18. The van der Waals surface area contributed by atoms with Crippen molar-refractivity contribution in [2.24, 2.45) is 0 Å². The molecule has 0 bridgehead atoms. The predicted molar refractivity (Wildman–Crippen MR) is 98.9 cm³/mol. The van der Waals surface area contributed by atoms with Crippen molar-refractivity contribution in [3.8, 4) is 22.3 Å². The van der Waals surface area contributed by atoms with Crippen molar-refractivity contribution in [2.45, 2.75) is 0 Å². The third kappa shape index (κ3) is 3.03. The highest BCUT2D eigenvalue weighted by Crippen LogP contribution is 2.34. The molecule has 3 heteroatoms. The number of rotatable bonds is 2. The molecule has 3 rings (SSSR count). The third-order valence-electron chi connectivity index (χ3n) is 3.42. The number of hydrogen-bond donors (Lipinski definition) is 2. The summed E-state index contributed by atoms with van der Waals surface area (Å²) in [6, 6.07) is 22.4. The van der Waals surface area contributed by atoms with Crippen molar-refractivity contribution in [1.29, 1.82) is 0 Å². The van der Waals surface area contributed by atoms with Gasteiger partial charge in [0.1, 0.15) is 0 Å². The van der Waals surface area contributed by atoms with E-state index in [4.69, 9.17) is 11.5 Å². The van der Waals surface area contributed by atoms with Crippen LogP contribution in [0.5, 0.6) is 0 Å². The van der Waals surface area contributed by atoms with Crippen LogP contribution in [-0.2, 0) is 0 Å². The monoisotopic (exact) mass is 386 g/mol. The highest BCUT2D eigenvalue weighted by molar-refractivity contribution is 14.1. The van der Waals surface area contributed by atoms with Crippen LogP contribution >= 0.6 is 22.6 Å². The van der Waals surface area contributed by atoms with Crippen molar-refractivity contribution >= 4 is 34.0 Å². The fourth-order valence-corrected chi connectivity index (χ4v) is 2.70. The minimum Gasteiger partial charge on any atom is -0.399 e. The largest absolute Gasteiger partial charge is 0.399 e. The van der Waals surface area contributed by atoms with Crippen molar-refractivity contribution in [1.82, 2.24) is 0 Å². The second-order valence-electron chi connectivity index (χ2n) is 4.93. The molecule has 4 N–H and O–H groups in total. The number of hydrogen-bond acceptors (Lipinski definition) is 2. The summed E-state index contributed by atoms with van der Waals surface area (Å²) in [6.07, 6.45) is 0.